The molecule has 1 aromatic carbocycles. The van der Waals surface area contributed by atoms with E-state index in [2.05, 4.69) is 0 Å². The van der Waals surface area contributed by atoms with Crippen LogP contribution in [0.15, 0.2) is 18.2 Å². The van der Waals surface area contributed by atoms with Gasteiger partial charge in [-0.3, -0.25) is 4.79 Å². The van der Waals surface area contributed by atoms with Crippen LogP contribution in [-0.2, 0) is 17.4 Å². The number of nitrogens with zero attached hydrogens (tertiary/aromatic N) is 3. The fraction of sp³-hybridized carbons (Fsp3) is 0.556. The normalized spacial score (nSPS) is 20.6. The lowest BCUT2D eigenvalue weighted by Crippen LogP contribution is -2.44. The second kappa shape index (κ2) is 6.17. The average Bonchev–Trinajstić information content (AvgIpc) is 3.38. The van der Waals surface area contributed by atoms with Crippen LogP contribution in [-0.4, -0.2) is 54.0 Å². The molecule has 26 heavy (non-hydrogen) atoms. The number of hydrogen-bond donors (Lipinski definition) is 0. The molecule has 1 saturated heterocycles. The summed E-state index contributed by atoms with van der Waals surface area (Å²) in [5.74, 6) is -0.239. The van der Waals surface area contributed by atoms with E-state index >= 15 is 0 Å². The zero-order chi connectivity index (χ0) is 18.5. The summed E-state index contributed by atoms with van der Waals surface area (Å²) in [5.41, 5.74) is 0.368. The number of hydrogen-bond acceptors (Lipinski definition) is 2. The van der Waals surface area contributed by atoms with Crippen LogP contribution < -0.4 is 4.90 Å². The first-order valence-electron chi connectivity index (χ1n) is 8.90. The van der Waals surface area contributed by atoms with Crippen molar-refractivity contribution in [1.29, 1.82) is 0 Å². The van der Waals surface area contributed by atoms with Gasteiger partial charge < -0.3 is 14.7 Å². The molecule has 4 rings (SSSR count). The molecule has 0 radical (unpaired) electrons. The Morgan fingerprint density at radius 2 is 1.92 bits per heavy atom. The highest BCUT2D eigenvalue weighted by atomic mass is 19.4. The molecular weight excluding hydrogens is 347 g/mol. The number of carbonyl (C=O) groups is 2. The molecule has 1 aliphatic carbocycles. The summed E-state index contributed by atoms with van der Waals surface area (Å²) in [7, 11) is 0. The molecule has 0 bridgehead atoms. The lowest BCUT2D eigenvalue weighted by atomic mass is 9.99. The Morgan fingerprint density at radius 1 is 1.15 bits per heavy atom. The van der Waals surface area contributed by atoms with Crippen LogP contribution in [0, 0.1) is 0 Å². The van der Waals surface area contributed by atoms with Crippen molar-refractivity contribution < 1.29 is 22.8 Å². The third-order valence-electron chi connectivity index (χ3n) is 5.27. The SMILES string of the molecule is O=C(CN1CCN(C2CC2)C1=O)N1CCCc2cc(C(F)(F)F)ccc21. The number of amides is 3. The Labute approximate surface area is 149 Å². The lowest BCUT2D eigenvalue weighted by Gasteiger charge is -2.31. The number of carbonyl (C=O) groups excluding carboxylic acids is 2. The van der Waals surface area contributed by atoms with Gasteiger partial charge in [-0.25, -0.2) is 4.79 Å². The minimum absolute atomic E-state index is 0.0253. The Bertz CT molecular complexity index is 746. The van der Waals surface area contributed by atoms with E-state index in [9.17, 15) is 22.8 Å². The molecule has 0 aromatic heterocycles. The van der Waals surface area contributed by atoms with Crippen molar-refractivity contribution in [2.45, 2.75) is 37.9 Å². The second-order valence-electron chi connectivity index (χ2n) is 7.12. The van der Waals surface area contributed by atoms with Crippen LogP contribution in [0.4, 0.5) is 23.7 Å². The van der Waals surface area contributed by atoms with E-state index in [0.29, 0.717) is 49.8 Å². The van der Waals surface area contributed by atoms with Gasteiger partial charge in [0.2, 0.25) is 5.91 Å². The molecule has 5 nitrogen and oxygen atoms in total. The summed E-state index contributed by atoms with van der Waals surface area (Å²) in [6.07, 6.45) is -1.22. The third kappa shape index (κ3) is 3.12. The van der Waals surface area contributed by atoms with Crippen LogP contribution in [0.3, 0.4) is 0 Å². The molecule has 0 unspecified atom stereocenters. The van der Waals surface area contributed by atoms with Gasteiger partial charge in [0.05, 0.1) is 5.56 Å². The van der Waals surface area contributed by atoms with Gasteiger partial charge in [0.1, 0.15) is 6.54 Å². The summed E-state index contributed by atoms with van der Waals surface area (Å²) in [6.45, 7) is 1.60. The molecule has 0 spiro atoms. The van der Waals surface area contributed by atoms with Crippen molar-refractivity contribution in [1.82, 2.24) is 9.80 Å². The molecular formula is C18H20F3N3O2. The Balaban J connectivity index is 1.49. The molecule has 0 atom stereocenters. The summed E-state index contributed by atoms with van der Waals surface area (Å²) in [6, 6.07) is 3.73. The zero-order valence-electron chi connectivity index (χ0n) is 14.3. The van der Waals surface area contributed by atoms with Crippen LogP contribution in [0.1, 0.15) is 30.4 Å². The molecule has 0 N–H and O–H groups in total. The maximum Gasteiger partial charge on any atom is 0.416 e. The minimum atomic E-state index is -4.39. The largest absolute Gasteiger partial charge is 0.416 e. The second-order valence-corrected chi connectivity index (χ2v) is 7.12. The van der Waals surface area contributed by atoms with Crippen LogP contribution in [0.25, 0.3) is 0 Å². The summed E-state index contributed by atoms with van der Waals surface area (Å²) < 4.78 is 38.7. The molecule has 140 valence electrons. The lowest BCUT2D eigenvalue weighted by molar-refractivity contribution is -0.137. The van der Waals surface area contributed by atoms with E-state index in [-0.39, 0.29) is 18.5 Å². The zero-order valence-corrected chi connectivity index (χ0v) is 14.3. The average molecular weight is 367 g/mol. The Kier molecular flexibility index (Phi) is 4.08. The highest BCUT2D eigenvalue weighted by Gasteiger charge is 2.40. The first kappa shape index (κ1) is 17.2. The van der Waals surface area contributed by atoms with Gasteiger partial charge in [-0.05, 0) is 49.4 Å². The van der Waals surface area contributed by atoms with Gasteiger partial charge in [0.15, 0.2) is 0 Å². The molecule has 2 aliphatic heterocycles. The number of alkyl halides is 3. The predicted octanol–water partition coefficient (Wildman–Crippen LogP) is 2.88. The first-order chi connectivity index (χ1) is 12.3. The molecule has 1 saturated carbocycles. The number of rotatable bonds is 3. The molecule has 1 aromatic rings. The number of halogens is 3. The van der Waals surface area contributed by atoms with E-state index in [0.717, 1.165) is 25.0 Å². The maximum absolute atomic E-state index is 12.9. The van der Waals surface area contributed by atoms with E-state index in [4.69, 9.17) is 0 Å². The van der Waals surface area contributed by atoms with Crippen molar-refractivity contribution in [3.05, 3.63) is 29.3 Å². The fourth-order valence-corrected chi connectivity index (χ4v) is 3.75. The van der Waals surface area contributed by atoms with E-state index in [1.54, 1.807) is 4.90 Å². The molecule has 3 amide bonds. The maximum atomic E-state index is 12.9. The van der Waals surface area contributed by atoms with Crippen LogP contribution >= 0.6 is 0 Å². The third-order valence-corrected chi connectivity index (χ3v) is 5.27. The number of aryl methyl sites for hydroxylation is 1. The van der Waals surface area contributed by atoms with Crippen molar-refractivity contribution in [2.24, 2.45) is 0 Å². The number of urea groups is 1. The molecule has 3 aliphatic rings. The van der Waals surface area contributed by atoms with Gasteiger partial charge >= 0.3 is 12.2 Å². The van der Waals surface area contributed by atoms with Crippen molar-refractivity contribution >= 4 is 17.6 Å². The van der Waals surface area contributed by atoms with E-state index in [1.807, 2.05) is 4.90 Å². The Morgan fingerprint density at radius 3 is 2.62 bits per heavy atom. The van der Waals surface area contributed by atoms with E-state index < -0.39 is 11.7 Å². The predicted molar refractivity (Wildman–Crippen MR) is 88.8 cm³/mol. The summed E-state index contributed by atoms with van der Waals surface area (Å²) in [4.78, 5) is 30.0. The highest BCUT2D eigenvalue weighted by molar-refractivity contribution is 5.97. The summed E-state index contributed by atoms with van der Waals surface area (Å²) >= 11 is 0. The van der Waals surface area contributed by atoms with Crippen molar-refractivity contribution in [2.75, 3.05) is 31.1 Å². The standard InChI is InChI=1S/C18H20F3N3O2/c19-18(20,21)13-3-6-15-12(10-13)2-1-7-24(15)16(25)11-22-8-9-23(17(22)26)14-4-5-14/h3,6,10,14H,1-2,4-5,7-9,11H2. The topological polar surface area (TPSA) is 43.9 Å². The molecule has 8 heteroatoms. The monoisotopic (exact) mass is 367 g/mol. The van der Waals surface area contributed by atoms with Crippen molar-refractivity contribution in [3.8, 4) is 0 Å². The van der Waals surface area contributed by atoms with Gasteiger partial charge in [-0.2, -0.15) is 13.2 Å². The molecule has 2 fully saturated rings. The molecule has 2 heterocycles. The smallest absolute Gasteiger partial charge is 0.320 e. The van der Waals surface area contributed by atoms with Crippen LogP contribution in [0.5, 0.6) is 0 Å². The van der Waals surface area contributed by atoms with E-state index in [1.165, 1.54) is 11.0 Å². The summed E-state index contributed by atoms with van der Waals surface area (Å²) in [5, 5.41) is 0. The quantitative estimate of drug-likeness (QED) is 0.825. The van der Waals surface area contributed by atoms with Gasteiger partial charge in [-0.15, -0.1) is 0 Å². The number of benzene rings is 1. The first-order valence-corrected chi connectivity index (χ1v) is 8.90. The highest BCUT2D eigenvalue weighted by Crippen LogP contribution is 2.35. The van der Waals surface area contributed by atoms with Crippen LogP contribution in [0.2, 0.25) is 0 Å². The van der Waals surface area contributed by atoms with Gasteiger partial charge in [0, 0.05) is 31.4 Å². The van der Waals surface area contributed by atoms with Gasteiger partial charge in [0.25, 0.3) is 0 Å². The fourth-order valence-electron chi connectivity index (χ4n) is 3.75. The number of anilines is 1. The minimum Gasteiger partial charge on any atom is -0.320 e. The number of fused-ring (bicyclic) bond motifs is 1. The van der Waals surface area contributed by atoms with Gasteiger partial charge in [-0.1, -0.05) is 0 Å². The Hall–Kier alpha value is -2.25. The van der Waals surface area contributed by atoms with Crippen molar-refractivity contribution in [3.63, 3.8) is 0 Å².